The van der Waals surface area contributed by atoms with Crippen LogP contribution in [0.25, 0.3) is 0 Å². The van der Waals surface area contributed by atoms with Gasteiger partial charge in [0.15, 0.2) is 0 Å². The highest BCUT2D eigenvalue weighted by Crippen LogP contribution is 2.47. The number of nitrogens with one attached hydrogen (secondary N) is 1. The largest absolute Gasteiger partial charge is 0.326 e. The predicted octanol–water partition coefficient (Wildman–Crippen LogP) is 2.63. The van der Waals surface area contributed by atoms with Gasteiger partial charge in [-0.05, 0) is 30.3 Å². The van der Waals surface area contributed by atoms with E-state index in [0.29, 0.717) is 6.42 Å². The van der Waals surface area contributed by atoms with E-state index >= 15 is 0 Å². The number of carbonyl (C=O) groups excluding carboxylic acids is 1. The van der Waals surface area contributed by atoms with Crippen LogP contribution in [0.4, 0.5) is 0 Å². The van der Waals surface area contributed by atoms with E-state index in [4.69, 9.17) is 0 Å². The molecule has 2 nitrogen and oxygen atoms in total. The van der Waals surface area contributed by atoms with Gasteiger partial charge in [0.2, 0.25) is 5.91 Å². The molecule has 3 rings (SSSR count). The summed E-state index contributed by atoms with van der Waals surface area (Å²) >= 11 is 0. The number of piperidine rings is 1. The van der Waals surface area contributed by atoms with Crippen LogP contribution in [0.3, 0.4) is 0 Å². The second-order valence-corrected chi connectivity index (χ2v) is 3.88. The van der Waals surface area contributed by atoms with E-state index in [-0.39, 0.29) is 7.33 Å². The van der Waals surface area contributed by atoms with E-state index in [1.807, 2.05) is 13.8 Å². The van der Waals surface area contributed by atoms with Crippen molar-refractivity contribution in [2.45, 2.75) is 33.1 Å². The number of fused-ring (bicyclic) bond motifs is 2. The maximum absolute atomic E-state index is 11.1. The third kappa shape index (κ3) is 1.61. The molecular formula is C12H19NO. The third-order valence-corrected chi connectivity index (χ3v) is 2.93. The van der Waals surface area contributed by atoms with Gasteiger partial charge < -0.3 is 5.32 Å². The van der Waals surface area contributed by atoms with Crippen molar-refractivity contribution in [3.8, 4) is 0 Å². The maximum atomic E-state index is 11.1. The monoisotopic (exact) mass is 193 g/mol. The highest BCUT2D eigenvalue weighted by Gasteiger charge is 2.38. The predicted molar refractivity (Wildman–Crippen MR) is 58.6 cm³/mol. The molecule has 14 heavy (non-hydrogen) atoms. The number of allylic oxidation sites excluding steroid dienone is 3. The average Bonchev–Trinajstić information content (AvgIpc) is 2.95. The molecule has 2 atom stereocenters. The Labute approximate surface area is 86.6 Å². The first-order chi connectivity index (χ1) is 6.83. The van der Waals surface area contributed by atoms with Gasteiger partial charge in [-0.1, -0.05) is 26.0 Å². The first-order valence-electron chi connectivity index (χ1n) is 5.56. The van der Waals surface area contributed by atoms with Gasteiger partial charge in [-0.25, -0.2) is 0 Å². The molecule has 1 aliphatic heterocycles. The Balaban J connectivity index is 0.000000356. The van der Waals surface area contributed by atoms with E-state index in [2.05, 4.69) is 17.5 Å². The molecule has 78 valence electrons. The third-order valence-electron chi connectivity index (χ3n) is 2.93. The highest BCUT2D eigenvalue weighted by molar-refractivity contribution is 5.81. The zero-order chi connectivity index (χ0) is 10.1. The Morgan fingerprint density at radius 1 is 1.29 bits per heavy atom. The lowest BCUT2D eigenvalue weighted by atomic mass is 9.96. The van der Waals surface area contributed by atoms with Crippen LogP contribution in [0.1, 0.15) is 34.5 Å². The van der Waals surface area contributed by atoms with Crippen LogP contribution in [0, 0.1) is 11.8 Å². The molecule has 0 aromatic rings. The molecule has 1 amide bonds. The summed E-state index contributed by atoms with van der Waals surface area (Å²) in [4.78, 5) is 11.1. The van der Waals surface area contributed by atoms with Gasteiger partial charge in [-0.3, -0.25) is 4.79 Å². The van der Waals surface area contributed by atoms with Gasteiger partial charge in [-0.15, -0.1) is 0 Å². The van der Waals surface area contributed by atoms with E-state index in [1.165, 1.54) is 12.0 Å². The minimum absolute atomic E-state index is 0. The first-order valence-corrected chi connectivity index (χ1v) is 5.56. The van der Waals surface area contributed by atoms with Crippen molar-refractivity contribution >= 4 is 5.91 Å². The van der Waals surface area contributed by atoms with Crippen LogP contribution in [-0.4, -0.2) is 5.91 Å². The van der Waals surface area contributed by atoms with Crippen LogP contribution in [-0.2, 0) is 4.79 Å². The molecule has 1 N–H and O–H groups in total. The van der Waals surface area contributed by atoms with Crippen molar-refractivity contribution < 1.29 is 6.22 Å². The lowest BCUT2D eigenvalue weighted by Crippen LogP contribution is -2.29. The first kappa shape index (κ1) is 9.50. The van der Waals surface area contributed by atoms with Gasteiger partial charge in [0.25, 0.3) is 0 Å². The summed E-state index contributed by atoms with van der Waals surface area (Å²) in [7, 11) is 0. The molecule has 0 spiro atoms. The lowest BCUT2D eigenvalue weighted by molar-refractivity contribution is -0.120. The van der Waals surface area contributed by atoms with Crippen molar-refractivity contribution in [3.05, 3.63) is 23.4 Å². The minimum Gasteiger partial charge on any atom is -0.326 e. The molecular weight excluding hydrogens is 174 g/mol. The Morgan fingerprint density at radius 2 is 2.00 bits per heavy atom. The fourth-order valence-electron chi connectivity index (χ4n) is 2.09. The fraction of sp³-hybridized carbons (Fsp3) is 0.583. The quantitative estimate of drug-likeness (QED) is 0.629. The zero-order valence-corrected chi connectivity index (χ0v) is 8.84. The standard InChI is InChI=1S/C10H11NO.C2H6.H2/c12-10-2-1-6-3-7-4-8(7)5-9(6)11-10;1-2;/h3,5,7-8H,1-2,4H2,(H,11,12);1-2H3;1H. The van der Waals surface area contributed by atoms with Crippen LogP contribution >= 0.6 is 0 Å². The van der Waals surface area contributed by atoms with Gasteiger partial charge in [0.05, 0.1) is 0 Å². The van der Waals surface area contributed by atoms with E-state index in [0.717, 1.165) is 24.0 Å². The summed E-state index contributed by atoms with van der Waals surface area (Å²) in [6.07, 6.45) is 7.49. The van der Waals surface area contributed by atoms with Crippen molar-refractivity contribution in [3.63, 3.8) is 0 Å². The molecule has 1 heterocycles. The maximum Gasteiger partial charge on any atom is 0.224 e. The molecule has 1 saturated heterocycles. The molecule has 1 saturated carbocycles. The van der Waals surface area contributed by atoms with Crippen molar-refractivity contribution in [2.75, 3.05) is 0 Å². The molecule has 0 bridgehead atoms. The average molecular weight is 193 g/mol. The van der Waals surface area contributed by atoms with Crippen molar-refractivity contribution in [2.24, 2.45) is 11.8 Å². The summed E-state index contributed by atoms with van der Waals surface area (Å²) < 4.78 is 0. The molecule has 2 aliphatic carbocycles. The Kier molecular flexibility index (Phi) is 2.44. The molecule has 0 aromatic carbocycles. The molecule has 0 radical (unpaired) electrons. The van der Waals surface area contributed by atoms with Gasteiger partial charge in [-0.2, -0.15) is 0 Å². The van der Waals surface area contributed by atoms with Gasteiger partial charge in [0.1, 0.15) is 0 Å². The summed E-state index contributed by atoms with van der Waals surface area (Å²) in [5.41, 5.74) is 2.47. The van der Waals surface area contributed by atoms with Crippen LogP contribution in [0.5, 0.6) is 0 Å². The Morgan fingerprint density at radius 3 is 2.79 bits per heavy atom. The Bertz CT molecular complexity index is 320. The normalized spacial score (nSPS) is 32.3. The lowest BCUT2D eigenvalue weighted by Gasteiger charge is -2.21. The van der Waals surface area contributed by atoms with E-state index < -0.39 is 0 Å². The van der Waals surface area contributed by atoms with Crippen molar-refractivity contribution in [1.29, 1.82) is 0 Å². The Hall–Kier alpha value is -1.05. The van der Waals surface area contributed by atoms with Gasteiger partial charge in [0, 0.05) is 13.5 Å². The SMILES string of the molecule is CC.O=C1CCC2=CC3CC3C=C2N1.[HH]. The van der Waals surface area contributed by atoms with Crippen LogP contribution in [0.15, 0.2) is 23.4 Å². The number of hydrogen-bond acceptors (Lipinski definition) is 1. The molecule has 0 aromatic heterocycles. The summed E-state index contributed by atoms with van der Waals surface area (Å²) in [6, 6.07) is 0. The van der Waals surface area contributed by atoms with Gasteiger partial charge >= 0.3 is 0 Å². The fourth-order valence-corrected chi connectivity index (χ4v) is 2.09. The van der Waals surface area contributed by atoms with Crippen molar-refractivity contribution in [1.82, 2.24) is 5.32 Å². The summed E-state index contributed by atoms with van der Waals surface area (Å²) in [6.45, 7) is 4.00. The number of carbonyl (C=O) groups is 1. The highest BCUT2D eigenvalue weighted by atomic mass is 16.1. The van der Waals surface area contributed by atoms with Crippen LogP contribution < -0.4 is 5.32 Å². The van der Waals surface area contributed by atoms with E-state index in [9.17, 15) is 4.79 Å². The summed E-state index contributed by atoms with van der Waals surface area (Å²) in [5.74, 6) is 1.72. The second-order valence-electron chi connectivity index (χ2n) is 3.88. The molecule has 3 aliphatic rings. The number of hydrogen-bond donors (Lipinski definition) is 1. The topological polar surface area (TPSA) is 29.1 Å². The zero-order valence-electron chi connectivity index (χ0n) is 8.84. The minimum atomic E-state index is 0. The number of rotatable bonds is 0. The molecule has 2 fully saturated rings. The number of amides is 1. The van der Waals surface area contributed by atoms with E-state index in [1.54, 1.807) is 0 Å². The molecule has 2 unspecified atom stereocenters. The molecule has 2 heteroatoms. The smallest absolute Gasteiger partial charge is 0.224 e. The second kappa shape index (κ2) is 3.60. The van der Waals surface area contributed by atoms with Crippen LogP contribution in [0.2, 0.25) is 0 Å². The summed E-state index contributed by atoms with van der Waals surface area (Å²) in [5, 5.41) is 2.93.